The molecule has 8 heteroatoms. The molecule has 1 atom stereocenters. The lowest BCUT2D eigenvalue weighted by Crippen LogP contribution is -2.33. The normalized spacial score (nSPS) is 11.9. The van der Waals surface area contributed by atoms with Gasteiger partial charge in [0.05, 0.1) is 11.2 Å². The highest BCUT2D eigenvalue weighted by molar-refractivity contribution is 6.32. The van der Waals surface area contributed by atoms with Crippen LogP contribution in [0.1, 0.15) is 26.3 Å². The molecular formula is C23H25ClFN3O3. The molecule has 1 aromatic heterocycles. The molecule has 0 spiro atoms. The molecule has 2 aromatic carbocycles. The van der Waals surface area contributed by atoms with Crippen molar-refractivity contribution in [3.63, 3.8) is 0 Å². The number of nitrogens with zero attached hydrogens (tertiary/aromatic N) is 2. The lowest BCUT2D eigenvalue weighted by Gasteiger charge is -2.20. The molecule has 0 fully saturated rings. The van der Waals surface area contributed by atoms with Gasteiger partial charge in [-0.25, -0.2) is 9.18 Å². The van der Waals surface area contributed by atoms with Gasteiger partial charge in [0, 0.05) is 31.2 Å². The molecule has 0 aliphatic rings. The molecule has 0 unspecified atom stereocenters. The van der Waals surface area contributed by atoms with Crippen molar-refractivity contribution in [2.45, 2.75) is 32.7 Å². The van der Waals surface area contributed by atoms with E-state index >= 15 is 0 Å². The Kier molecular flexibility index (Phi) is 7.17. The summed E-state index contributed by atoms with van der Waals surface area (Å²) in [4.78, 5) is 26.4. The standard InChI is InChI=1S/C23H25ClFN3O3/c1-4-27(5-2)23(30)31-20-10-9-19-18(21(20)26-22(29)15(3)24)11-12-28(19)14-16-7-6-8-17(25)13-16/h6-13,15H,4-5,14H2,1-3H3,(H,26,29)/t15-/m1/s1. The smallest absolute Gasteiger partial charge is 0.408 e. The minimum absolute atomic E-state index is 0.235. The van der Waals surface area contributed by atoms with Crippen molar-refractivity contribution in [1.82, 2.24) is 9.47 Å². The van der Waals surface area contributed by atoms with Crippen LogP contribution in [0.5, 0.6) is 5.75 Å². The topological polar surface area (TPSA) is 63.6 Å². The zero-order valence-corrected chi connectivity index (χ0v) is 18.4. The number of nitrogens with one attached hydrogen (secondary N) is 1. The van der Waals surface area contributed by atoms with E-state index < -0.39 is 17.4 Å². The van der Waals surface area contributed by atoms with Gasteiger partial charge < -0.3 is 19.5 Å². The van der Waals surface area contributed by atoms with Crippen LogP contribution in [0.15, 0.2) is 48.7 Å². The Morgan fingerprint density at radius 3 is 2.58 bits per heavy atom. The number of halogens is 2. The summed E-state index contributed by atoms with van der Waals surface area (Å²) in [5.74, 6) is -0.477. The number of fused-ring (bicyclic) bond motifs is 1. The molecule has 2 amide bonds. The van der Waals surface area contributed by atoms with Gasteiger partial charge in [0.15, 0.2) is 5.75 Å². The molecule has 164 valence electrons. The molecule has 1 heterocycles. The summed E-state index contributed by atoms with van der Waals surface area (Å²) in [6, 6.07) is 11.6. The number of ether oxygens (including phenoxy) is 1. The minimum Gasteiger partial charge on any atom is -0.408 e. The van der Waals surface area contributed by atoms with E-state index in [9.17, 15) is 14.0 Å². The molecule has 1 N–H and O–H groups in total. The van der Waals surface area contributed by atoms with Crippen LogP contribution in [0.3, 0.4) is 0 Å². The first-order valence-electron chi connectivity index (χ1n) is 10.1. The lowest BCUT2D eigenvalue weighted by molar-refractivity contribution is -0.115. The highest BCUT2D eigenvalue weighted by Gasteiger charge is 2.20. The number of carbonyl (C=O) groups is 2. The van der Waals surface area contributed by atoms with Crippen molar-refractivity contribution in [1.29, 1.82) is 0 Å². The van der Waals surface area contributed by atoms with Crippen molar-refractivity contribution in [2.24, 2.45) is 0 Å². The van der Waals surface area contributed by atoms with Gasteiger partial charge in [0.2, 0.25) is 5.91 Å². The third-order valence-electron chi connectivity index (χ3n) is 4.99. The van der Waals surface area contributed by atoms with E-state index in [1.165, 1.54) is 17.0 Å². The van der Waals surface area contributed by atoms with Crippen molar-refractivity contribution >= 4 is 40.2 Å². The predicted molar refractivity (Wildman–Crippen MR) is 120 cm³/mol. The number of benzene rings is 2. The number of hydrogen-bond donors (Lipinski definition) is 1. The quantitative estimate of drug-likeness (QED) is 0.506. The molecule has 0 aliphatic heterocycles. The van der Waals surface area contributed by atoms with E-state index in [0.29, 0.717) is 30.7 Å². The van der Waals surface area contributed by atoms with Crippen LogP contribution in [0.25, 0.3) is 10.9 Å². The van der Waals surface area contributed by atoms with E-state index in [0.717, 1.165) is 11.1 Å². The van der Waals surface area contributed by atoms with Crippen molar-refractivity contribution < 1.29 is 18.7 Å². The Morgan fingerprint density at radius 1 is 1.19 bits per heavy atom. The average Bonchev–Trinajstić information content (AvgIpc) is 3.13. The van der Waals surface area contributed by atoms with E-state index in [1.54, 1.807) is 25.1 Å². The second-order valence-corrected chi connectivity index (χ2v) is 7.75. The van der Waals surface area contributed by atoms with Gasteiger partial charge in [-0.3, -0.25) is 4.79 Å². The van der Waals surface area contributed by atoms with Crippen LogP contribution < -0.4 is 10.1 Å². The summed E-state index contributed by atoms with van der Waals surface area (Å²) >= 11 is 5.94. The Bertz CT molecular complexity index is 1090. The third-order valence-corrected chi connectivity index (χ3v) is 5.18. The second-order valence-electron chi connectivity index (χ2n) is 7.09. The van der Waals surface area contributed by atoms with E-state index in [-0.39, 0.29) is 11.6 Å². The number of rotatable bonds is 7. The first kappa shape index (κ1) is 22.6. The first-order chi connectivity index (χ1) is 14.8. The van der Waals surface area contributed by atoms with Crippen LogP contribution in [-0.2, 0) is 11.3 Å². The fourth-order valence-corrected chi connectivity index (χ4v) is 3.35. The molecular weight excluding hydrogens is 421 g/mol. The molecule has 3 rings (SSSR count). The monoisotopic (exact) mass is 445 g/mol. The lowest BCUT2D eigenvalue weighted by atomic mass is 10.2. The van der Waals surface area contributed by atoms with Crippen molar-refractivity contribution in [2.75, 3.05) is 18.4 Å². The van der Waals surface area contributed by atoms with E-state index in [4.69, 9.17) is 16.3 Å². The average molecular weight is 446 g/mol. The molecule has 0 saturated heterocycles. The Hall–Kier alpha value is -3.06. The summed E-state index contributed by atoms with van der Waals surface area (Å²) in [5.41, 5.74) is 1.97. The molecule has 0 radical (unpaired) electrons. The van der Waals surface area contributed by atoms with Crippen LogP contribution in [0.4, 0.5) is 14.9 Å². The fourth-order valence-electron chi connectivity index (χ4n) is 3.30. The van der Waals surface area contributed by atoms with Crippen LogP contribution >= 0.6 is 11.6 Å². The summed E-state index contributed by atoms with van der Waals surface area (Å²) in [7, 11) is 0. The van der Waals surface area contributed by atoms with Gasteiger partial charge >= 0.3 is 6.09 Å². The Balaban J connectivity index is 2.02. The highest BCUT2D eigenvalue weighted by atomic mass is 35.5. The maximum atomic E-state index is 13.6. The second kappa shape index (κ2) is 9.83. The fraction of sp³-hybridized carbons (Fsp3) is 0.304. The zero-order chi connectivity index (χ0) is 22.5. The summed E-state index contributed by atoms with van der Waals surface area (Å²) in [6.45, 7) is 6.73. The molecule has 0 saturated carbocycles. The van der Waals surface area contributed by atoms with Crippen LogP contribution in [0, 0.1) is 5.82 Å². The van der Waals surface area contributed by atoms with Crippen molar-refractivity contribution in [3.05, 3.63) is 60.0 Å². The molecule has 0 bridgehead atoms. The summed E-state index contributed by atoms with van der Waals surface area (Å²) < 4.78 is 21.1. The number of carbonyl (C=O) groups excluding carboxylic acids is 2. The molecule has 3 aromatic rings. The maximum Gasteiger partial charge on any atom is 0.415 e. The third kappa shape index (κ3) is 5.17. The summed E-state index contributed by atoms with van der Waals surface area (Å²) in [5, 5.41) is 2.70. The van der Waals surface area contributed by atoms with Gasteiger partial charge in [0.1, 0.15) is 11.2 Å². The molecule has 0 aliphatic carbocycles. The molecule has 6 nitrogen and oxygen atoms in total. The minimum atomic E-state index is -0.768. The van der Waals surface area contributed by atoms with Gasteiger partial charge in [-0.15, -0.1) is 11.6 Å². The van der Waals surface area contributed by atoms with Gasteiger partial charge in [-0.2, -0.15) is 0 Å². The van der Waals surface area contributed by atoms with E-state index in [1.807, 2.05) is 36.7 Å². The SMILES string of the molecule is CCN(CC)C(=O)Oc1ccc2c(ccn2Cc2cccc(F)c2)c1NC(=O)[C@@H](C)Cl. The number of aromatic nitrogens is 1. The largest absolute Gasteiger partial charge is 0.415 e. The maximum absolute atomic E-state index is 13.6. The van der Waals surface area contributed by atoms with E-state index in [2.05, 4.69) is 5.32 Å². The number of hydrogen-bond acceptors (Lipinski definition) is 3. The van der Waals surface area contributed by atoms with Crippen LogP contribution in [-0.4, -0.2) is 39.9 Å². The Labute approximate surface area is 185 Å². The zero-order valence-electron chi connectivity index (χ0n) is 17.7. The summed E-state index contributed by atoms with van der Waals surface area (Å²) in [6.07, 6.45) is 1.34. The van der Waals surface area contributed by atoms with Crippen molar-refractivity contribution in [3.8, 4) is 5.75 Å². The number of anilines is 1. The van der Waals surface area contributed by atoms with Gasteiger partial charge in [-0.1, -0.05) is 12.1 Å². The van der Waals surface area contributed by atoms with Gasteiger partial charge in [0.25, 0.3) is 0 Å². The predicted octanol–water partition coefficient (Wildman–Crippen LogP) is 5.24. The Morgan fingerprint density at radius 2 is 1.94 bits per heavy atom. The number of alkyl halides is 1. The van der Waals surface area contributed by atoms with Gasteiger partial charge in [-0.05, 0) is 56.7 Å². The number of amides is 2. The highest BCUT2D eigenvalue weighted by Crippen LogP contribution is 2.35. The first-order valence-corrected chi connectivity index (χ1v) is 10.6. The molecule has 31 heavy (non-hydrogen) atoms. The van der Waals surface area contributed by atoms with Crippen LogP contribution in [0.2, 0.25) is 0 Å².